The van der Waals surface area contributed by atoms with E-state index >= 15 is 0 Å². The van der Waals surface area contributed by atoms with Gasteiger partial charge in [-0.1, -0.05) is 50.1 Å². The van der Waals surface area contributed by atoms with Crippen molar-refractivity contribution >= 4 is 5.91 Å². The second-order valence-electron chi connectivity index (χ2n) is 7.12. The second kappa shape index (κ2) is 5.45. The lowest BCUT2D eigenvalue weighted by Gasteiger charge is -2.43. The van der Waals surface area contributed by atoms with E-state index in [0.717, 1.165) is 51.6 Å². The molecule has 1 saturated carbocycles. The van der Waals surface area contributed by atoms with Crippen LogP contribution in [0.3, 0.4) is 0 Å². The maximum absolute atomic E-state index is 12.8. The molecule has 1 unspecified atom stereocenters. The van der Waals surface area contributed by atoms with E-state index in [9.17, 15) is 4.79 Å². The molecule has 114 valence electrons. The molecule has 2 fully saturated rings. The Morgan fingerprint density at radius 2 is 1.76 bits per heavy atom. The molecule has 1 aliphatic carbocycles. The van der Waals surface area contributed by atoms with Gasteiger partial charge in [0.05, 0.1) is 5.54 Å². The summed E-state index contributed by atoms with van der Waals surface area (Å²) in [5.74, 6) is 0.182. The quantitative estimate of drug-likeness (QED) is 0.908. The summed E-state index contributed by atoms with van der Waals surface area (Å²) in [5, 5.41) is 0. The van der Waals surface area contributed by atoms with Gasteiger partial charge in [0.1, 0.15) is 0 Å². The summed E-state index contributed by atoms with van der Waals surface area (Å²) in [6.07, 6.45) is 6.08. The Bertz CT molecular complexity index is 507. The lowest BCUT2D eigenvalue weighted by molar-refractivity contribution is -0.139. The van der Waals surface area contributed by atoms with E-state index in [4.69, 9.17) is 5.73 Å². The van der Waals surface area contributed by atoms with Crippen LogP contribution in [-0.4, -0.2) is 29.4 Å². The maximum Gasteiger partial charge on any atom is 0.242 e. The number of likely N-dealkylation sites (tertiary alicyclic amines) is 1. The fraction of sp³-hybridized carbons (Fsp3) is 0.611. The standard InChI is InChI=1S/C18H26N2O/c1-17(15-8-3-2-4-9-15)10-7-13-20(14-17)16(21)18(19)11-5-6-12-18/h2-4,8-9H,5-7,10-14,19H2,1H3. The molecule has 3 heteroatoms. The van der Waals surface area contributed by atoms with Crippen LogP contribution in [0, 0.1) is 0 Å². The lowest BCUT2D eigenvalue weighted by atomic mass is 9.75. The van der Waals surface area contributed by atoms with Gasteiger partial charge >= 0.3 is 0 Å². The van der Waals surface area contributed by atoms with Gasteiger partial charge in [-0.15, -0.1) is 0 Å². The van der Waals surface area contributed by atoms with E-state index in [-0.39, 0.29) is 11.3 Å². The first kappa shape index (κ1) is 14.6. The largest absolute Gasteiger partial charge is 0.340 e. The molecule has 1 atom stereocenters. The number of hydrogen-bond acceptors (Lipinski definition) is 2. The molecule has 3 rings (SSSR count). The smallest absolute Gasteiger partial charge is 0.242 e. The molecule has 1 aromatic rings. The Hall–Kier alpha value is -1.35. The number of rotatable bonds is 2. The predicted molar refractivity (Wildman–Crippen MR) is 85.0 cm³/mol. The van der Waals surface area contributed by atoms with Gasteiger partial charge in [-0.25, -0.2) is 0 Å². The molecule has 1 saturated heterocycles. The molecule has 1 amide bonds. The normalized spacial score (nSPS) is 28.6. The van der Waals surface area contributed by atoms with Gasteiger partial charge in [0.15, 0.2) is 0 Å². The summed E-state index contributed by atoms with van der Waals surface area (Å²) in [5.41, 5.74) is 7.17. The first-order valence-corrected chi connectivity index (χ1v) is 8.17. The van der Waals surface area contributed by atoms with Crippen LogP contribution in [-0.2, 0) is 10.2 Å². The minimum absolute atomic E-state index is 0.0597. The number of hydrogen-bond donors (Lipinski definition) is 1. The third-order valence-corrected chi connectivity index (χ3v) is 5.38. The van der Waals surface area contributed by atoms with Crippen molar-refractivity contribution in [2.75, 3.05) is 13.1 Å². The van der Waals surface area contributed by atoms with Crippen molar-refractivity contribution in [2.24, 2.45) is 5.73 Å². The van der Waals surface area contributed by atoms with Crippen molar-refractivity contribution in [3.63, 3.8) is 0 Å². The highest BCUT2D eigenvalue weighted by Gasteiger charge is 2.43. The number of nitrogens with two attached hydrogens (primary N) is 1. The van der Waals surface area contributed by atoms with Gasteiger partial charge in [-0.2, -0.15) is 0 Å². The molecule has 21 heavy (non-hydrogen) atoms. The lowest BCUT2D eigenvalue weighted by Crippen LogP contribution is -2.57. The third kappa shape index (κ3) is 2.71. The number of nitrogens with zero attached hydrogens (tertiary/aromatic N) is 1. The molecule has 2 N–H and O–H groups in total. The SMILES string of the molecule is CC1(c2ccccc2)CCCN(C(=O)C2(N)CCCC2)C1. The number of carbonyl (C=O) groups is 1. The van der Waals surface area contributed by atoms with Crippen molar-refractivity contribution in [1.82, 2.24) is 4.90 Å². The summed E-state index contributed by atoms with van der Waals surface area (Å²) in [6.45, 7) is 3.94. The van der Waals surface area contributed by atoms with Gasteiger partial charge in [-0.05, 0) is 31.2 Å². The molecule has 3 nitrogen and oxygen atoms in total. The van der Waals surface area contributed by atoms with E-state index < -0.39 is 5.54 Å². The van der Waals surface area contributed by atoms with E-state index in [1.165, 1.54) is 5.56 Å². The molecular formula is C18H26N2O. The Labute approximate surface area is 127 Å². The third-order valence-electron chi connectivity index (χ3n) is 5.38. The van der Waals surface area contributed by atoms with Gasteiger partial charge in [0.2, 0.25) is 5.91 Å². The monoisotopic (exact) mass is 286 g/mol. The average molecular weight is 286 g/mol. The molecule has 0 radical (unpaired) electrons. The van der Waals surface area contributed by atoms with Crippen LogP contribution < -0.4 is 5.73 Å². The zero-order valence-electron chi connectivity index (χ0n) is 13.0. The summed E-state index contributed by atoms with van der Waals surface area (Å²) in [6, 6.07) is 10.6. The molecule has 0 bridgehead atoms. The highest BCUT2D eigenvalue weighted by molar-refractivity contribution is 5.86. The van der Waals surface area contributed by atoms with Crippen LogP contribution in [0.2, 0.25) is 0 Å². The zero-order chi connectivity index (χ0) is 14.9. The fourth-order valence-electron chi connectivity index (χ4n) is 4.02. The van der Waals surface area contributed by atoms with Crippen molar-refractivity contribution in [3.8, 4) is 0 Å². The molecular weight excluding hydrogens is 260 g/mol. The number of benzene rings is 1. The van der Waals surface area contributed by atoms with E-state index in [2.05, 4.69) is 31.2 Å². The van der Waals surface area contributed by atoms with Gasteiger partial charge < -0.3 is 10.6 Å². The summed E-state index contributed by atoms with van der Waals surface area (Å²) < 4.78 is 0. The summed E-state index contributed by atoms with van der Waals surface area (Å²) in [7, 11) is 0. The van der Waals surface area contributed by atoms with Gasteiger partial charge in [0, 0.05) is 18.5 Å². The van der Waals surface area contributed by atoms with Crippen molar-refractivity contribution in [2.45, 2.75) is 56.4 Å². The van der Waals surface area contributed by atoms with E-state index in [1.54, 1.807) is 0 Å². The Balaban J connectivity index is 1.78. The minimum atomic E-state index is -0.588. The maximum atomic E-state index is 12.8. The highest BCUT2D eigenvalue weighted by atomic mass is 16.2. The summed E-state index contributed by atoms with van der Waals surface area (Å²) in [4.78, 5) is 14.9. The number of carbonyl (C=O) groups excluding carboxylic acids is 1. The minimum Gasteiger partial charge on any atom is -0.340 e. The van der Waals surface area contributed by atoms with Gasteiger partial charge in [0.25, 0.3) is 0 Å². The number of piperidine rings is 1. The molecule has 1 aliphatic heterocycles. The van der Waals surface area contributed by atoms with Gasteiger partial charge in [-0.3, -0.25) is 4.79 Å². The Morgan fingerprint density at radius 3 is 2.43 bits per heavy atom. The highest BCUT2D eigenvalue weighted by Crippen LogP contribution is 2.36. The topological polar surface area (TPSA) is 46.3 Å². The Morgan fingerprint density at radius 1 is 1.10 bits per heavy atom. The fourth-order valence-corrected chi connectivity index (χ4v) is 4.02. The first-order chi connectivity index (χ1) is 10.0. The van der Waals surface area contributed by atoms with Crippen LogP contribution in [0.25, 0.3) is 0 Å². The van der Waals surface area contributed by atoms with E-state index in [1.807, 2.05) is 11.0 Å². The first-order valence-electron chi connectivity index (χ1n) is 8.17. The van der Waals surface area contributed by atoms with Crippen molar-refractivity contribution < 1.29 is 4.79 Å². The Kier molecular flexibility index (Phi) is 3.78. The molecule has 0 spiro atoms. The average Bonchev–Trinajstić information content (AvgIpc) is 2.95. The van der Waals surface area contributed by atoms with Crippen LogP contribution in [0.1, 0.15) is 51.0 Å². The molecule has 1 heterocycles. The van der Waals surface area contributed by atoms with Crippen LogP contribution in [0.5, 0.6) is 0 Å². The zero-order valence-corrected chi connectivity index (χ0v) is 13.0. The molecule has 1 aromatic carbocycles. The van der Waals surface area contributed by atoms with Crippen LogP contribution in [0.4, 0.5) is 0 Å². The summed E-state index contributed by atoms with van der Waals surface area (Å²) >= 11 is 0. The van der Waals surface area contributed by atoms with Crippen molar-refractivity contribution in [1.29, 1.82) is 0 Å². The predicted octanol–water partition coefficient (Wildman–Crippen LogP) is 2.84. The van der Waals surface area contributed by atoms with Crippen molar-refractivity contribution in [3.05, 3.63) is 35.9 Å². The van der Waals surface area contributed by atoms with Crippen LogP contribution >= 0.6 is 0 Å². The second-order valence-corrected chi connectivity index (χ2v) is 7.12. The van der Waals surface area contributed by atoms with Crippen LogP contribution in [0.15, 0.2) is 30.3 Å². The molecule has 0 aromatic heterocycles. The van der Waals surface area contributed by atoms with E-state index in [0.29, 0.717) is 0 Å². The molecule has 2 aliphatic rings. The number of amides is 1.